The maximum absolute atomic E-state index is 13.3. The van der Waals surface area contributed by atoms with Crippen molar-refractivity contribution in [2.24, 2.45) is 5.92 Å². The molecule has 0 aliphatic carbocycles. The van der Waals surface area contributed by atoms with Gasteiger partial charge in [-0.05, 0) is 38.0 Å². The standard InChI is InChI=1S/C28H37ClN2O8/c1-15-8-7-9-22(37-6)28(35)14-20(38-26(34)30-28)16(2)25-27(3,39-25)21(32)13-23(33)31(4)18-11-17(10-15)12-19(36-5)24(18)29/h7-9,11-12,16,20-22,25,32,35H,10,13-14H2,1-6H3,(H,30,34)/b9-7+,15-8+/t16-,20?,21+,22-,25?,27?,28+/m1/s1. The molecule has 11 heteroatoms. The second-order valence-electron chi connectivity index (χ2n) is 10.8. The molecule has 3 aliphatic rings. The molecule has 0 radical (unpaired) electrons. The molecule has 3 N–H and O–H groups in total. The van der Waals surface area contributed by atoms with Gasteiger partial charge in [-0.2, -0.15) is 0 Å². The van der Waals surface area contributed by atoms with E-state index in [1.54, 1.807) is 26.1 Å². The number of nitrogens with one attached hydrogen (secondary N) is 1. The first-order valence-corrected chi connectivity index (χ1v) is 13.3. The van der Waals surface area contributed by atoms with Crippen molar-refractivity contribution in [3.05, 3.63) is 46.5 Å². The molecule has 0 aromatic heterocycles. The fourth-order valence-electron chi connectivity index (χ4n) is 5.46. The smallest absolute Gasteiger partial charge is 0.409 e. The van der Waals surface area contributed by atoms with Crippen LogP contribution < -0.4 is 15.0 Å². The first-order valence-electron chi connectivity index (χ1n) is 12.9. The van der Waals surface area contributed by atoms with Crippen molar-refractivity contribution < 1.29 is 38.7 Å². The number of aliphatic hydroxyl groups excluding tert-OH is 1. The van der Waals surface area contributed by atoms with Crippen LogP contribution in [0.15, 0.2) is 35.9 Å². The van der Waals surface area contributed by atoms with Gasteiger partial charge in [0.15, 0.2) is 5.72 Å². The minimum absolute atomic E-state index is 0.0310. The summed E-state index contributed by atoms with van der Waals surface area (Å²) >= 11 is 6.58. The molecule has 4 bridgehead atoms. The van der Waals surface area contributed by atoms with Gasteiger partial charge < -0.3 is 34.1 Å². The monoisotopic (exact) mass is 564 g/mol. The summed E-state index contributed by atoms with van der Waals surface area (Å²) < 4.78 is 22.4. The number of benzene rings is 1. The number of carbonyl (C=O) groups excluding carboxylic acids is 2. The number of ether oxygens (including phenoxy) is 4. The normalized spacial score (nSPS) is 37.6. The Kier molecular flexibility index (Phi) is 8.35. The number of amides is 2. The summed E-state index contributed by atoms with van der Waals surface area (Å²) in [6.07, 6.45) is 1.63. The molecule has 214 valence electrons. The topological polar surface area (TPSA) is 130 Å². The van der Waals surface area contributed by atoms with Gasteiger partial charge in [0.05, 0.1) is 31.4 Å². The Morgan fingerprint density at radius 3 is 2.64 bits per heavy atom. The van der Waals surface area contributed by atoms with Gasteiger partial charge in [0.2, 0.25) is 5.91 Å². The van der Waals surface area contributed by atoms with Crippen LogP contribution in [0.1, 0.15) is 39.2 Å². The summed E-state index contributed by atoms with van der Waals surface area (Å²) in [5, 5.41) is 25.3. The zero-order chi connectivity index (χ0) is 28.7. The number of hydrogen-bond donors (Lipinski definition) is 3. The minimum atomic E-state index is -1.73. The van der Waals surface area contributed by atoms with E-state index >= 15 is 0 Å². The summed E-state index contributed by atoms with van der Waals surface area (Å²) in [5.41, 5.74) is -0.479. The zero-order valence-corrected chi connectivity index (χ0v) is 23.8. The Hall–Kier alpha value is -2.63. The molecule has 3 heterocycles. The van der Waals surface area contributed by atoms with Crippen molar-refractivity contribution in [3.63, 3.8) is 0 Å². The fourth-order valence-corrected chi connectivity index (χ4v) is 5.78. The number of allylic oxidation sites excluding steroid dienone is 3. The Morgan fingerprint density at radius 1 is 1.26 bits per heavy atom. The molecule has 3 aliphatic heterocycles. The SMILES string of the molecule is COc1cc2cc(c1Cl)N(C)C(=O)C[C@H](O)C1(C)OC1[C@H](C)C1C[C@@](O)(NC(=O)O1)[C@H](OC)/C=C/C=C(\C)C2. The van der Waals surface area contributed by atoms with E-state index in [4.69, 9.17) is 30.5 Å². The molecule has 2 saturated heterocycles. The highest BCUT2D eigenvalue weighted by atomic mass is 35.5. The first-order chi connectivity index (χ1) is 18.3. The van der Waals surface area contributed by atoms with Gasteiger partial charge in [-0.1, -0.05) is 42.3 Å². The number of epoxide rings is 1. The molecule has 4 rings (SSSR count). The zero-order valence-electron chi connectivity index (χ0n) is 23.1. The van der Waals surface area contributed by atoms with Crippen molar-refractivity contribution >= 4 is 29.3 Å². The predicted molar refractivity (Wildman–Crippen MR) is 145 cm³/mol. The Labute approximate surface area is 233 Å². The van der Waals surface area contributed by atoms with E-state index in [0.29, 0.717) is 17.9 Å². The van der Waals surface area contributed by atoms with E-state index in [1.165, 1.54) is 19.1 Å². The first kappa shape index (κ1) is 29.4. The summed E-state index contributed by atoms with van der Waals surface area (Å²) in [4.78, 5) is 27.1. The highest BCUT2D eigenvalue weighted by Gasteiger charge is 2.62. The molecule has 10 nitrogen and oxygen atoms in total. The van der Waals surface area contributed by atoms with Crippen LogP contribution in [0, 0.1) is 5.92 Å². The van der Waals surface area contributed by atoms with Gasteiger partial charge in [0.1, 0.15) is 28.6 Å². The maximum Gasteiger partial charge on any atom is 0.409 e. The van der Waals surface area contributed by atoms with Crippen molar-refractivity contribution in [2.45, 2.75) is 75.8 Å². The lowest BCUT2D eigenvalue weighted by Gasteiger charge is -2.42. The number of carbonyl (C=O) groups is 2. The molecule has 3 unspecified atom stereocenters. The molecule has 2 amide bonds. The van der Waals surface area contributed by atoms with Crippen LogP contribution in [0.3, 0.4) is 0 Å². The summed E-state index contributed by atoms with van der Waals surface area (Å²) in [6, 6.07) is 3.63. The van der Waals surface area contributed by atoms with Gasteiger partial charge in [0.25, 0.3) is 0 Å². The average molecular weight is 565 g/mol. The minimum Gasteiger partial charge on any atom is -0.495 e. The highest BCUT2D eigenvalue weighted by molar-refractivity contribution is 6.35. The Balaban J connectivity index is 1.74. The van der Waals surface area contributed by atoms with Gasteiger partial charge in [0, 0.05) is 26.5 Å². The van der Waals surface area contributed by atoms with Gasteiger partial charge in [-0.25, -0.2) is 4.79 Å². The van der Waals surface area contributed by atoms with Crippen LogP contribution >= 0.6 is 11.6 Å². The third kappa shape index (κ3) is 5.81. The van der Waals surface area contributed by atoms with Crippen LogP contribution in [0.4, 0.5) is 10.5 Å². The second-order valence-corrected chi connectivity index (χ2v) is 11.2. The van der Waals surface area contributed by atoms with Crippen molar-refractivity contribution in [1.29, 1.82) is 0 Å². The Bertz CT molecular complexity index is 1190. The van der Waals surface area contributed by atoms with Crippen LogP contribution in [0.2, 0.25) is 5.02 Å². The lowest BCUT2D eigenvalue weighted by molar-refractivity contribution is -0.142. The van der Waals surface area contributed by atoms with Crippen molar-refractivity contribution in [3.8, 4) is 5.75 Å². The molecular formula is C28H37ClN2O8. The average Bonchev–Trinajstić information content (AvgIpc) is 3.58. The summed E-state index contributed by atoms with van der Waals surface area (Å²) in [5.74, 6) is -0.323. The van der Waals surface area contributed by atoms with E-state index in [0.717, 1.165) is 11.1 Å². The number of hydrogen-bond acceptors (Lipinski definition) is 8. The van der Waals surface area contributed by atoms with E-state index in [2.05, 4.69) is 5.32 Å². The molecule has 2 fully saturated rings. The van der Waals surface area contributed by atoms with E-state index in [9.17, 15) is 19.8 Å². The lowest BCUT2D eigenvalue weighted by atomic mass is 9.84. The van der Waals surface area contributed by atoms with E-state index < -0.39 is 47.8 Å². The molecule has 7 atom stereocenters. The summed E-state index contributed by atoms with van der Waals surface area (Å²) in [7, 11) is 4.56. The second kappa shape index (κ2) is 11.1. The predicted octanol–water partition coefficient (Wildman–Crippen LogP) is 3.12. The quantitative estimate of drug-likeness (QED) is 0.467. The number of nitrogens with zero attached hydrogens (tertiary/aromatic N) is 1. The lowest BCUT2D eigenvalue weighted by Crippen LogP contribution is -2.63. The van der Waals surface area contributed by atoms with Crippen LogP contribution in [0.25, 0.3) is 0 Å². The number of methoxy groups -OCH3 is 2. The van der Waals surface area contributed by atoms with Gasteiger partial charge >= 0.3 is 6.09 Å². The van der Waals surface area contributed by atoms with Gasteiger partial charge in [-0.15, -0.1) is 0 Å². The number of aliphatic hydroxyl groups is 2. The molecule has 0 saturated carbocycles. The number of alkyl carbamates (subject to hydrolysis) is 1. The molecule has 1 aromatic carbocycles. The largest absolute Gasteiger partial charge is 0.495 e. The summed E-state index contributed by atoms with van der Waals surface area (Å²) in [6.45, 7) is 5.48. The third-order valence-corrected chi connectivity index (χ3v) is 8.36. The van der Waals surface area contributed by atoms with E-state index in [1.807, 2.05) is 32.1 Å². The fraction of sp³-hybridized carbons (Fsp3) is 0.571. The van der Waals surface area contributed by atoms with E-state index in [-0.39, 0.29) is 23.8 Å². The maximum atomic E-state index is 13.3. The molecule has 1 aromatic rings. The number of anilines is 1. The number of rotatable bonds is 2. The Morgan fingerprint density at radius 2 is 1.97 bits per heavy atom. The number of halogens is 1. The van der Waals surface area contributed by atoms with Crippen LogP contribution in [-0.4, -0.2) is 79.2 Å². The molecule has 39 heavy (non-hydrogen) atoms. The van der Waals surface area contributed by atoms with Crippen molar-refractivity contribution in [2.75, 3.05) is 26.2 Å². The molecule has 0 spiro atoms. The number of fused-ring (bicyclic) bond motifs is 5. The van der Waals surface area contributed by atoms with Crippen LogP contribution in [0.5, 0.6) is 5.75 Å². The van der Waals surface area contributed by atoms with Crippen molar-refractivity contribution in [1.82, 2.24) is 5.32 Å². The molecular weight excluding hydrogens is 528 g/mol. The van der Waals surface area contributed by atoms with Crippen LogP contribution in [-0.2, 0) is 25.4 Å². The highest BCUT2D eigenvalue weighted by Crippen LogP contribution is 2.48. The third-order valence-electron chi connectivity index (χ3n) is 7.98. The van der Waals surface area contributed by atoms with Gasteiger partial charge in [-0.3, -0.25) is 10.1 Å².